The largest absolute Gasteiger partial charge is 0.181 e. The molecule has 50 valence electrons. The third-order valence-electron chi connectivity index (χ3n) is 0.293. The lowest BCUT2D eigenvalue weighted by Gasteiger charge is -2.09. The minimum atomic E-state index is -4.30. The highest BCUT2D eigenvalue weighted by atomic mass is 35.7. The van der Waals surface area contributed by atoms with Crippen molar-refractivity contribution in [3.8, 4) is 0 Å². The van der Waals surface area contributed by atoms with Crippen LogP contribution in [0.1, 0.15) is 6.92 Å². The van der Waals surface area contributed by atoms with E-state index in [0.717, 1.165) is 0 Å². The van der Waals surface area contributed by atoms with Crippen molar-refractivity contribution in [2.45, 2.75) is 6.92 Å². The van der Waals surface area contributed by atoms with Crippen LogP contribution in [0.25, 0.3) is 0 Å². The third kappa shape index (κ3) is 6.09. The Labute approximate surface area is 48.6 Å². The van der Waals surface area contributed by atoms with Gasteiger partial charge in [-0.05, 0) is 6.92 Å². The molecule has 0 unspecified atom stereocenters. The lowest BCUT2D eigenvalue weighted by molar-refractivity contribution is -1.92. The van der Waals surface area contributed by atoms with Crippen LogP contribution >= 0.6 is 0 Å². The Kier molecular flexibility index (Phi) is 3.22. The van der Waals surface area contributed by atoms with Gasteiger partial charge in [0.15, 0.2) is 4.39 Å². The smallest absolute Gasteiger partial charge is 0.176 e. The minimum Gasteiger partial charge on any atom is -0.181 e. The fourth-order valence-electron chi connectivity index (χ4n) is 0.121. The van der Waals surface area contributed by atoms with Crippen LogP contribution in [0, 0.1) is 10.2 Å². The summed E-state index contributed by atoms with van der Waals surface area (Å²) in [5, 5.41) is 0. The Morgan fingerprint density at radius 3 is 2.12 bits per heavy atom. The molecule has 6 heteroatoms. The van der Waals surface area contributed by atoms with Gasteiger partial charge in [-0.1, -0.05) is 5.48 Å². The Morgan fingerprint density at radius 2 is 2.00 bits per heavy atom. The zero-order valence-electron chi connectivity index (χ0n) is 4.22. The molecule has 0 amide bonds. The van der Waals surface area contributed by atoms with Crippen molar-refractivity contribution in [3.05, 3.63) is 0 Å². The lowest BCUT2D eigenvalue weighted by Crippen LogP contribution is -2.62. The van der Waals surface area contributed by atoms with Crippen LogP contribution in [0.5, 0.6) is 0 Å². The Balaban J connectivity index is 3.11. The van der Waals surface area contributed by atoms with Crippen LogP contribution in [0.2, 0.25) is 0 Å². The van der Waals surface area contributed by atoms with Crippen molar-refractivity contribution in [2.75, 3.05) is 6.54 Å². The number of hydrogen-bond donors (Lipinski definition) is 1. The topological polar surface area (TPSA) is 90.4 Å². The summed E-state index contributed by atoms with van der Waals surface area (Å²) < 4.78 is 32.1. The highest BCUT2D eigenvalue weighted by molar-refractivity contribution is 4.06. The predicted molar refractivity (Wildman–Crippen MR) is 14.8 cm³/mol. The van der Waals surface area contributed by atoms with Gasteiger partial charge in [0.2, 0.25) is 0 Å². The number of nitrogens with one attached hydrogen (secondary N) is 1. The second-order valence-corrected chi connectivity index (χ2v) is 1.86. The van der Waals surface area contributed by atoms with Crippen LogP contribution in [-0.2, 0) is 4.39 Å². The van der Waals surface area contributed by atoms with Gasteiger partial charge in [-0.3, -0.25) is 0 Å². The molecule has 0 aliphatic rings. The number of hydroxylamine groups is 1. The SMILES string of the molecule is CCNO[Cl+3]([O-])([O-])[O-]. The second-order valence-electron chi connectivity index (χ2n) is 0.953. The first-order valence-corrected chi connectivity index (χ1v) is 3.12. The van der Waals surface area contributed by atoms with E-state index in [1.807, 2.05) is 5.48 Å². The molecular formula is C2H6ClNO4. The molecule has 0 aromatic carbocycles. The second kappa shape index (κ2) is 3.18. The molecule has 0 aliphatic carbocycles. The lowest BCUT2D eigenvalue weighted by atomic mass is 10.8. The molecular weight excluding hydrogens is 137 g/mol. The van der Waals surface area contributed by atoms with E-state index < -0.39 is 10.2 Å². The van der Waals surface area contributed by atoms with E-state index in [1.165, 1.54) is 0 Å². The van der Waals surface area contributed by atoms with E-state index in [0.29, 0.717) is 0 Å². The normalized spacial score (nSPS) is 12.0. The fourth-order valence-corrected chi connectivity index (χ4v) is 0.364. The zero-order chi connectivity index (χ0) is 6.62. The molecule has 0 saturated carbocycles. The molecule has 0 bridgehead atoms. The summed E-state index contributed by atoms with van der Waals surface area (Å²) >= 11 is 0. The van der Waals surface area contributed by atoms with Gasteiger partial charge in [-0.15, -0.1) is 0 Å². The van der Waals surface area contributed by atoms with Crippen LogP contribution in [-0.4, -0.2) is 6.54 Å². The summed E-state index contributed by atoms with van der Waals surface area (Å²) in [4.78, 5) is 0. The molecule has 0 atom stereocenters. The fraction of sp³-hybridized carbons (Fsp3) is 1.00. The van der Waals surface area contributed by atoms with Gasteiger partial charge in [-0.2, -0.15) is 14.0 Å². The molecule has 0 heterocycles. The van der Waals surface area contributed by atoms with Gasteiger partial charge >= 0.3 is 0 Å². The Morgan fingerprint density at radius 1 is 1.50 bits per heavy atom. The number of hydrogen-bond acceptors (Lipinski definition) is 5. The van der Waals surface area contributed by atoms with E-state index in [1.54, 1.807) is 6.92 Å². The van der Waals surface area contributed by atoms with Gasteiger partial charge in [0, 0.05) is 6.54 Å². The van der Waals surface area contributed by atoms with Crippen LogP contribution < -0.4 is 19.5 Å². The summed E-state index contributed by atoms with van der Waals surface area (Å²) in [5.41, 5.74) is 1.88. The number of halogens is 1. The van der Waals surface area contributed by atoms with Gasteiger partial charge < -0.3 is 0 Å². The first kappa shape index (κ1) is 8.09. The maximum absolute atomic E-state index is 9.52. The average Bonchev–Trinajstić information content (AvgIpc) is 1.59. The van der Waals surface area contributed by atoms with E-state index in [2.05, 4.69) is 4.39 Å². The van der Waals surface area contributed by atoms with Crippen LogP contribution in [0.3, 0.4) is 0 Å². The molecule has 0 aromatic heterocycles. The maximum Gasteiger partial charge on any atom is 0.176 e. The van der Waals surface area contributed by atoms with Crippen LogP contribution in [0.15, 0.2) is 0 Å². The van der Waals surface area contributed by atoms with E-state index in [-0.39, 0.29) is 6.54 Å². The highest BCUT2D eigenvalue weighted by Gasteiger charge is 2.15. The molecule has 1 N–H and O–H groups in total. The Bertz CT molecular complexity index is 61.5. The molecule has 0 fully saturated rings. The van der Waals surface area contributed by atoms with Crippen molar-refractivity contribution in [3.63, 3.8) is 0 Å². The number of rotatable bonds is 3. The monoisotopic (exact) mass is 143 g/mol. The van der Waals surface area contributed by atoms with Crippen molar-refractivity contribution >= 4 is 0 Å². The highest BCUT2D eigenvalue weighted by Crippen LogP contribution is 1.79. The van der Waals surface area contributed by atoms with E-state index >= 15 is 0 Å². The summed E-state index contributed by atoms with van der Waals surface area (Å²) in [6.45, 7) is 1.87. The molecule has 8 heavy (non-hydrogen) atoms. The first-order valence-electron chi connectivity index (χ1n) is 1.88. The molecule has 5 nitrogen and oxygen atoms in total. The van der Waals surface area contributed by atoms with Crippen molar-refractivity contribution in [2.24, 2.45) is 0 Å². The van der Waals surface area contributed by atoms with Gasteiger partial charge in [-0.25, -0.2) is 0 Å². The first-order chi connectivity index (χ1) is 3.56. The van der Waals surface area contributed by atoms with Gasteiger partial charge in [0.05, 0.1) is 0 Å². The predicted octanol–water partition coefficient (Wildman–Crippen LogP) is -3.58. The summed E-state index contributed by atoms with van der Waals surface area (Å²) in [6.07, 6.45) is 0. The van der Waals surface area contributed by atoms with Crippen molar-refractivity contribution in [1.29, 1.82) is 0 Å². The molecule has 0 radical (unpaired) electrons. The zero-order valence-corrected chi connectivity index (χ0v) is 4.97. The van der Waals surface area contributed by atoms with Crippen molar-refractivity contribution < 1.29 is 28.6 Å². The molecule has 0 rings (SSSR count). The van der Waals surface area contributed by atoms with E-state index in [9.17, 15) is 14.0 Å². The third-order valence-corrected chi connectivity index (χ3v) is 0.591. The average molecular weight is 144 g/mol. The maximum atomic E-state index is 9.52. The summed E-state index contributed by atoms with van der Waals surface area (Å²) in [7, 11) is -4.30. The minimum absolute atomic E-state index is 0.272. The van der Waals surface area contributed by atoms with Crippen LogP contribution in [0.4, 0.5) is 0 Å². The van der Waals surface area contributed by atoms with Gasteiger partial charge in [0.25, 0.3) is 0 Å². The molecule has 0 aromatic rings. The summed E-state index contributed by atoms with van der Waals surface area (Å²) in [6, 6.07) is 0. The van der Waals surface area contributed by atoms with Crippen molar-refractivity contribution in [1.82, 2.24) is 5.48 Å². The van der Waals surface area contributed by atoms with Gasteiger partial charge in [0.1, 0.15) is 10.2 Å². The standard InChI is InChI=1S/C2H6ClNO4/c1-2-4-8-3(5,6)7/h4H,2H2,1H3. The molecule has 0 saturated heterocycles. The quantitative estimate of drug-likeness (QED) is 0.413. The summed E-state index contributed by atoms with van der Waals surface area (Å²) in [5.74, 6) is 0. The molecule has 0 aliphatic heterocycles. The van der Waals surface area contributed by atoms with E-state index in [4.69, 9.17) is 0 Å². The Hall–Kier alpha value is 0.0900. The molecule has 0 spiro atoms.